The molecule has 0 aromatic carbocycles. The molecule has 0 aromatic rings. The van der Waals surface area contributed by atoms with E-state index < -0.39 is 5.97 Å². The number of aliphatic carboxylic acids is 1. The molecule has 31 heavy (non-hydrogen) atoms. The average molecular weight is 431 g/mol. The third kappa shape index (κ3) is 3.60. The summed E-state index contributed by atoms with van der Waals surface area (Å²) in [5, 5.41) is 9.48. The summed E-state index contributed by atoms with van der Waals surface area (Å²) >= 11 is 0. The van der Waals surface area contributed by atoms with Crippen LogP contribution in [-0.2, 0) is 14.4 Å². The fraction of sp³-hybridized carbons (Fsp3) is 0.889. The maximum atomic E-state index is 13.4. The van der Waals surface area contributed by atoms with Crippen LogP contribution in [0.25, 0.3) is 0 Å². The van der Waals surface area contributed by atoms with Gasteiger partial charge >= 0.3 is 5.97 Å². The molecule has 0 amide bonds. The first-order valence-electron chi connectivity index (χ1n) is 12.7. The van der Waals surface area contributed by atoms with Crippen LogP contribution >= 0.6 is 0 Å². The zero-order chi connectivity index (χ0) is 22.8. The van der Waals surface area contributed by atoms with E-state index in [4.69, 9.17) is 0 Å². The number of fused-ring (bicyclic) bond motifs is 5. The molecule has 0 spiro atoms. The Labute approximate surface area is 187 Å². The Balaban J connectivity index is 1.51. The van der Waals surface area contributed by atoms with Crippen molar-refractivity contribution in [2.75, 3.05) is 0 Å². The van der Waals surface area contributed by atoms with E-state index in [1.54, 1.807) is 0 Å². The Hall–Kier alpha value is -1.19. The van der Waals surface area contributed by atoms with Crippen LogP contribution in [0.15, 0.2) is 0 Å². The molecule has 4 aliphatic carbocycles. The summed E-state index contributed by atoms with van der Waals surface area (Å²) in [7, 11) is 0. The molecular formula is C27H42O4. The van der Waals surface area contributed by atoms with Gasteiger partial charge in [-0.25, -0.2) is 0 Å². The SMILES string of the molecule is CC(C(=O)O)C(C)(C)CCC1CCC2C3C(=O)CC4CC(=O)CCC4(C)C3CCC12C. The molecule has 0 heterocycles. The van der Waals surface area contributed by atoms with Crippen molar-refractivity contribution in [3.05, 3.63) is 0 Å². The molecule has 0 radical (unpaired) electrons. The minimum Gasteiger partial charge on any atom is -0.481 e. The highest BCUT2D eigenvalue weighted by atomic mass is 16.4. The number of carbonyl (C=O) groups excluding carboxylic acids is 2. The largest absolute Gasteiger partial charge is 0.481 e. The van der Waals surface area contributed by atoms with E-state index in [2.05, 4.69) is 27.7 Å². The summed E-state index contributed by atoms with van der Waals surface area (Å²) < 4.78 is 0. The van der Waals surface area contributed by atoms with Crippen LogP contribution in [0.3, 0.4) is 0 Å². The highest BCUT2D eigenvalue weighted by Crippen LogP contribution is 2.67. The number of carbonyl (C=O) groups is 3. The molecule has 4 saturated carbocycles. The summed E-state index contributed by atoms with van der Waals surface area (Å²) in [6, 6.07) is 0. The molecule has 8 unspecified atom stereocenters. The number of hydrogen-bond donors (Lipinski definition) is 1. The van der Waals surface area contributed by atoms with Crippen molar-refractivity contribution in [3.8, 4) is 0 Å². The Morgan fingerprint density at radius 3 is 2.42 bits per heavy atom. The molecule has 0 bridgehead atoms. The van der Waals surface area contributed by atoms with Crippen LogP contribution in [-0.4, -0.2) is 22.6 Å². The van der Waals surface area contributed by atoms with Gasteiger partial charge in [0.1, 0.15) is 11.6 Å². The van der Waals surface area contributed by atoms with E-state index in [1.807, 2.05) is 6.92 Å². The van der Waals surface area contributed by atoms with Gasteiger partial charge in [0.05, 0.1) is 5.92 Å². The van der Waals surface area contributed by atoms with Gasteiger partial charge in [-0.2, -0.15) is 0 Å². The van der Waals surface area contributed by atoms with Gasteiger partial charge in [0.25, 0.3) is 0 Å². The molecule has 4 aliphatic rings. The van der Waals surface area contributed by atoms with Gasteiger partial charge in [0.15, 0.2) is 0 Å². The van der Waals surface area contributed by atoms with Crippen LogP contribution in [0, 0.1) is 51.8 Å². The van der Waals surface area contributed by atoms with E-state index in [9.17, 15) is 19.5 Å². The second-order valence-electron chi connectivity index (χ2n) is 12.8. The first-order chi connectivity index (χ1) is 14.4. The number of hydrogen-bond acceptors (Lipinski definition) is 3. The normalized spacial score (nSPS) is 43.7. The second kappa shape index (κ2) is 7.70. The van der Waals surface area contributed by atoms with Crippen LogP contribution < -0.4 is 0 Å². The summed E-state index contributed by atoms with van der Waals surface area (Å²) in [5.41, 5.74) is 0.144. The molecule has 8 atom stereocenters. The lowest BCUT2D eigenvalue weighted by Gasteiger charge is -2.59. The first-order valence-corrected chi connectivity index (χ1v) is 12.7. The van der Waals surface area contributed by atoms with E-state index in [-0.39, 0.29) is 34.0 Å². The first kappa shape index (κ1) is 23.0. The molecule has 4 nitrogen and oxygen atoms in total. The summed E-state index contributed by atoms with van der Waals surface area (Å²) in [6.07, 6.45) is 9.52. The zero-order valence-corrected chi connectivity index (χ0v) is 20.2. The van der Waals surface area contributed by atoms with Crippen LogP contribution in [0.5, 0.6) is 0 Å². The van der Waals surface area contributed by atoms with Gasteiger partial charge in [-0.15, -0.1) is 0 Å². The van der Waals surface area contributed by atoms with Crippen molar-refractivity contribution in [1.29, 1.82) is 0 Å². The number of carboxylic acid groups (broad SMARTS) is 1. The number of carboxylic acids is 1. The summed E-state index contributed by atoms with van der Waals surface area (Å²) in [6.45, 7) is 10.8. The number of rotatable bonds is 5. The van der Waals surface area contributed by atoms with E-state index in [1.165, 1.54) is 12.8 Å². The lowest BCUT2D eigenvalue weighted by molar-refractivity contribution is -0.158. The lowest BCUT2D eigenvalue weighted by atomic mass is 9.44. The third-order valence-corrected chi connectivity index (χ3v) is 11.2. The molecule has 0 saturated heterocycles. The Morgan fingerprint density at radius 2 is 1.74 bits per heavy atom. The Kier molecular flexibility index (Phi) is 5.71. The summed E-state index contributed by atoms with van der Waals surface area (Å²) in [5.74, 6) is 1.71. The maximum Gasteiger partial charge on any atom is 0.306 e. The molecule has 1 N–H and O–H groups in total. The fourth-order valence-electron chi connectivity index (χ4n) is 8.40. The van der Waals surface area contributed by atoms with Gasteiger partial charge in [-0.3, -0.25) is 14.4 Å². The number of Topliss-reactive ketones (excluding diaryl/α,β-unsaturated/α-hetero) is 2. The predicted octanol–water partition coefficient (Wildman–Crippen LogP) is 5.92. The fourth-order valence-corrected chi connectivity index (χ4v) is 8.40. The van der Waals surface area contributed by atoms with Crippen molar-refractivity contribution < 1.29 is 19.5 Å². The van der Waals surface area contributed by atoms with Crippen LogP contribution in [0.4, 0.5) is 0 Å². The van der Waals surface area contributed by atoms with E-state index in [0.717, 1.165) is 32.1 Å². The van der Waals surface area contributed by atoms with Gasteiger partial charge in [0, 0.05) is 25.2 Å². The van der Waals surface area contributed by atoms with Gasteiger partial charge in [-0.1, -0.05) is 34.6 Å². The van der Waals surface area contributed by atoms with Crippen molar-refractivity contribution in [3.63, 3.8) is 0 Å². The molecule has 0 aromatic heterocycles. The minimum atomic E-state index is -0.706. The van der Waals surface area contributed by atoms with Crippen molar-refractivity contribution >= 4 is 17.5 Å². The smallest absolute Gasteiger partial charge is 0.306 e. The van der Waals surface area contributed by atoms with Crippen LogP contribution in [0.1, 0.15) is 98.8 Å². The van der Waals surface area contributed by atoms with Crippen molar-refractivity contribution in [1.82, 2.24) is 0 Å². The quantitative estimate of drug-likeness (QED) is 0.587. The lowest BCUT2D eigenvalue weighted by Crippen LogP contribution is -2.56. The molecule has 4 fully saturated rings. The Bertz CT molecular complexity index is 769. The van der Waals surface area contributed by atoms with Crippen molar-refractivity contribution in [2.45, 2.75) is 98.8 Å². The van der Waals surface area contributed by atoms with Crippen LogP contribution in [0.2, 0.25) is 0 Å². The Morgan fingerprint density at radius 1 is 1.06 bits per heavy atom. The monoisotopic (exact) mass is 430 g/mol. The zero-order valence-electron chi connectivity index (χ0n) is 20.2. The molecule has 174 valence electrons. The number of ketones is 2. The van der Waals surface area contributed by atoms with Gasteiger partial charge in [0.2, 0.25) is 0 Å². The molecule has 0 aliphatic heterocycles. The molecular weight excluding hydrogens is 388 g/mol. The topological polar surface area (TPSA) is 71.4 Å². The van der Waals surface area contributed by atoms with Gasteiger partial charge < -0.3 is 5.11 Å². The van der Waals surface area contributed by atoms with E-state index >= 15 is 0 Å². The van der Waals surface area contributed by atoms with Crippen molar-refractivity contribution in [2.24, 2.45) is 51.8 Å². The molecule has 4 rings (SSSR count). The highest BCUT2D eigenvalue weighted by molar-refractivity contribution is 5.86. The molecule has 4 heteroatoms. The maximum absolute atomic E-state index is 13.4. The minimum absolute atomic E-state index is 0.158. The second-order valence-corrected chi connectivity index (χ2v) is 12.8. The standard InChI is InChI=1S/C27H42O4/c1-16(24(30)31)25(2,3)11-8-17-6-7-20-23-21(10-13-26(17,20)4)27(5)12-9-19(28)14-18(27)15-22(23)29/h16-18,20-21,23H,6-15H2,1-5H3,(H,30,31). The highest BCUT2D eigenvalue weighted by Gasteiger charge is 2.62. The summed E-state index contributed by atoms with van der Waals surface area (Å²) in [4.78, 5) is 37.1. The predicted molar refractivity (Wildman–Crippen MR) is 120 cm³/mol. The third-order valence-electron chi connectivity index (χ3n) is 11.2. The average Bonchev–Trinajstić information content (AvgIpc) is 3.03. The van der Waals surface area contributed by atoms with Gasteiger partial charge in [-0.05, 0) is 84.9 Å². The van der Waals surface area contributed by atoms with E-state index in [0.29, 0.717) is 48.6 Å².